The molecule has 104 valence electrons. The summed E-state index contributed by atoms with van der Waals surface area (Å²) in [6, 6.07) is 6.09. The summed E-state index contributed by atoms with van der Waals surface area (Å²) < 4.78 is 5.49. The van der Waals surface area contributed by atoms with Gasteiger partial charge in [0.2, 0.25) is 0 Å². The van der Waals surface area contributed by atoms with E-state index in [4.69, 9.17) is 10.5 Å². The fraction of sp³-hybridized carbons (Fsp3) is 0.533. The van der Waals surface area contributed by atoms with Crippen molar-refractivity contribution < 1.29 is 9.53 Å². The molecule has 0 bridgehead atoms. The maximum absolute atomic E-state index is 12.0. The standard InChI is InChI=1S/C15H22N2O2/c1-10(2)8-17-13-7-12(6-11(3)16)4-5-14(13)19-9-15(17)18/h4-5,7,10-11H,6,8-9,16H2,1-3H3. The normalized spacial score (nSPS) is 16.3. The van der Waals surface area contributed by atoms with Gasteiger partial charge in [0, 0.05) is 12.6 Å². The summed E-state index contributed by atoms with van der Waals surface area (Å²) in [4.78, 5) is 13.8. The number of nitrogens with zero attached hydrogens (tertiary/aromatic N) is 1. The first-order valence-corrected chi connectivity index (χ1v) is 6.79. The monoisotopic (exact) mass is 262 g/mol. The minimum absolute atomic E-state index is 0.0270. The fourth-order valence-electron chi connectivity index (χ4n) is 2.31. The van der Waals surface area contributed by atoms with Crippen molar-refractivity contribution in [3.8, 4) is 5.75 Å². The van der Waals surface area contributed by atoms with Crippen LogP contribution in [0.25, 0.3) is 0 Å². The van der Waals surface area contributed by atoms with Gasteiger partial charge in [-0.05, 0) is 37.0 Å². The Morgan fingerprint density at radius 1 is 1.37 bits per heavy atom. The minimum atomic E-state index is 0.0270. The molecule has 1 heterocycles. The van der Waals surface area contributed by atoms with Gasteiger partial charge >= 0.3 is 0 Å². The zero-order valence-electron chi connectivity index (χ0n) is 11.8. The number of rotatable bonds is 4. The Labute approximate surface area is 114 Å². The largest absolute Gasteiger partial charge is 0.482 e. The van der Waals surface area contributed by atoms with E-state index in [1.807, 2.05) is 30.0 Å². The second-order valence-electron chi connectivity index (χ2n) is 5.67. The summed E-state index contributed by atoms with van der Waals surface area (Å²) in [6.45, 7) is 7.04. The number of benzene rings is 1. The third-order valence-corrected chi connectivity index (χ3v) is 3.07. The second-order valence-corrected chi connectivity index (χ2v) is 5.67. The summed E-state index contributed by atoms with van der Waals surface area (Å²) >= 11 is 0. The molecule has 0 radical (unpaired) electrons. The summed E-state index contributed by atoms with van der Waals surface area (Å²) in [5.74, 6) is 1.24. The van der Waals surface area contributed by atoms with Gasteiger partial charge in [-0.2, -0.15) is 0 Å². The summed E-state index contributed by atoms with van der Waals surface area (Å²) in [5, 5.41) is 0. The number of carbonyl (C=O) groups excluding carboxylic acids is 1. The van der Waals surface area contributed by atoms with Gasteiger partial charge in [-0.25, -0.2) is 0 Å². The van der Waals surface area contributed by atoms with Crippen LogP contribution < -0.4 is 15.4 Å². The van der Waals surface area contributed by atoms with Gasteiger partial charge in [0.1, 0.15) is 5.75 Å². The zero-order chi connectivity index (χ0) is 14.0. The number of anilines is 1. The van der Waals surface area contributed by atoms with E-state index in [1.54, 1.807) is 0 Å². The molecular weight excluding hydrogens is 240 g/mol. The molecule has 1 aliphatic heterocycles. The first-order valence-electron chi connectivity index (χ1n) is 6.79. The molecule has 0 aliphatic carbocycles. The fourth-order valence-corrected chi connectivity index (χ4v) is 2.31. The molecule has 2 rings (SSSR count). The highest BCUT2D eigenvalue weighted by atomic mass is 16.5. The maximum Gasteiger partial charge on any atom is 0.265 e. The maximum atomic E-state index is 12.0. The van der Waals surface area contributed by atoms with E-state index in [9.17, 15) is 4.79 Å². The number of hydrogen-bond donors (Lipinski definition) is 1. The van der Waals surface area contributed by atoms with Gasteiger partial charge in [-0.15, -0.1) is 0 Å². The van der Waals surface area contributed by atoms with Crippen molar-refractivity contribution >= 4 is 11.6 Å². The van der Waals surface area contributed by atoms with Gasteiger partial charge in [0.25, 0.3) is 5.91 Å². The number of amides is 1. The smallest absolute Gasteiger partial charge is 0.265 e. The lowest BCUT2D eigenvalue weighted by Gasteiger charge is -2.31. The zero-order valence-corrected chi connectivity index (χ0v) is 11.8. The Hall–Kier alpha value is -1.55. The molecule has 0 fully saturated rings. The Morgan fingerprint density at radius 3 is 2.74 bits per heavy atom. The molecule has 1 aromatic carbocycles. The number of ether oxygens (including phenoxy) is 1. The van der Waals surface area contributed by atoms with Gasteiger partial charge in [-0.1, -0.05) is 19.9 Å². The molecule has 0 aromatic heterocycles. The molecule has 0 spiro atoms. The van der Waals surface area contributed by atoms with Crippen LogP contribution in [0.5, 0.6) is 5.75 Å². The molecular formula is C15H22N2O2. The second kappa shape index (κ2) is 5.61. The average Bonchev–Trinajstić information content (AvgIpc) is 2.32. The van der Waals surface area contributed by atoms with Crippen LogP contribution in [0.4, 0.5) is 5.69 Å². The van der Waals surface area contributed by atoms with Gasteiger partial charge in [0.05, 0.1) is 5.69 Å². The summed E-state index contributed by atoms with van der Waals surface area (Å²) in [7, 11) is 0. The minimum Gasteiger partial charge on any atom is -0.482 e. The molecule has 4 nitrogen and oxygen atoms in total. The molecule has 1 amide bonds. The topological polar surface area (TPSA) is 55.6 Å². The molecule has 19 heavy (non-hydrogen) atoms. The lowest BCUT2D eigenvalue weighted by Crippen LogP contribution is -2.41. The Kier molecular flexibility index (Phi) is 4.10. The van der Waals surface area contributed by atoms with Gasteiger partial charge in [-0.3, -0.25) is 4.79 Å². The Balaban J connectivity index is 2.32. The van der Waals surface area contributed by atoms with Crippen molar-refractivity contribution in [3.63, 3.8) is 0 Å². The Morgan fingerprint density at radius 2 is 2.11 bits per heavy atom. The SMILES string of the molecule is CC(C)CN1C(=O)COc2ccc(CC(C)N)cc21. The highest BCUT2D eigenvalue weighted by molar-refractivity contribution is 5.97. The van der Waals surface area contributed by atoms with Crippen molar-refractivity contribution in [2.75, 3.05) is 18.1 Å². The van der Waals surface area contributed by atoms with Crippen molar-refractivity contribution in [1.29, 1.82) is 0 Å². The number of fused-ring (bicyclic) bond motifs is 1. The van der Waals surface area contributed by atoms with E-state index in [-0.39, 0.29) is 18.6 Å². The van der Waals surface area contributed by atoms with Crippen molar-refractivity contribution in [2.45, 2.75) is 33.2 Å². The molecule has 1 aromatic rings. The molecule has 1 atom stereocenters. The van der Waals surface area contributed by atoms with Crippen LogP contribution in [0.3, 0.4) is 0 Å². The quantitative estimate of drug-likeness (QED) is 0.902. The predicted octanol–water partition coefficient (Wildman–Crippen LogP) is 1.96. The summed E-state index contributed by atoms with van der Waals surface area (Å²) in [5.41, 5.74) is 7.85. The van der Waals surface area contributed by atoms with E-state index < -0.39 is 0 Å². The highest BCUT2D eigenvalue weighted by Gasteiger charge is 2.26. The van der Waals surface area contributed by atoms with E-state index in [1.165, 1.54) is 0 Å². The predicted molar refractivity (Wildman–Crippen MR) is 76.5 cm³/mol. The molecule has 4 heteroatoms. The summed E-state index contributed by atoms with van der Waals surface area (Å²) in [6.07, 6.45) is 0.803. The van der Waals surface area contributed by atoms with Gasteiger partial charge < -0.3 is 15.4 Å². The van der Waals surface area contributed by atoms with Crippen molar-refractivity contribution in [3.05, 3.63) is 23.8 Å². The van der Waals surface area contributed by atoms with Crippen LogP contribution >= 0.6 is 0 Å². The lowest BCUT2D eigenvalue weighted by atomic mass is 10.0. The van der Waals surface area contributed by atoms with E-state index >= 15 is 0 Å². The third-order valence-electron chi connectivity index (χ3n) is 3.07. The molecule has 2 N–H and O–H groups in total. The van der Waals surface area contributed by atoms with Crippen LogP contribution in [0.15, 0.2) is 18.2 Å². The lowest BCUT2D eigenvalue weighted by molar-refractivity contribution is -0.121. The number of nitrogens with two attached hydrogens (primary N) is 1. The average molecular weight is 262 g/mol. The van der Waals surface area contributed by atoms with Crippen LogP contribution in [-0.4, -0.2) is 25.1 Å². The van der Waals surface area contributed by atoms with Crippen LogP contribution in [0.1, 0.15) is 26.3 Å². The van der Waals surface area contributed by atoms with Crippen molar-refractivity contribution in [1.82, 2.24) is 0 Å². The van der Waals surface area contributed by atoms with E-state index in [0.29, 0.717) is 5.92 Å². The first-order chi connectivity index (χ1) is 8.97. The van der Waals surface area contributed by atoms with Crippen molar-refractivity contribution in [2.24, 2.45) is 11.7 Å². The number of hydrogen-bond acceptors (Lipinski definition) is 3. The van der Waals surface area contributed by atoms with Crippen LogP contribution in [-0.2, 0) is 11.2 Å². The first kappa shape index (κ1) is 13.9. The highest BCUT2D eigenvalue weighted by Crippen LogP contribution is 2.33. The van der Waals surface area contributed by atoms with Gasteiger partial charge in [0.15, 0.2) is 6.61 Å². The third kappa shape index (κ3) is 3.26. The molecule has 0 saturated heterocycles. The Bertz CT molecular complexity index is 469. The van der Waals surface area contributed by atoms with E-state index in [0.717, 1.165) is 30.0 Å². The molecule has 1 aliphatic rings. The molecule has 0 saturated carbocycles. The van der Waals surface area contributed by atoms with Crippen LogP contribution in [0, 0.1) is 5.92 Å². The van der Waals surface area contributed by atoms with Crippen LogP contribution in [0.2, 0.25) is 0 Å². The molecule has 1 unspecified atom stereocenters. The van der Waals surface area contributed by atoms with E-state index in [2.05, 4.69) is 13.8 Å². The number of carbonyl (C=O) groups is 1.